The molecule has 2 rings (SSSR count). The lowest BCUT2D eigenvalue weighted by Crippen LogP contribution is -2.07. The van der Waals surface area contributed by atoms with Crippen LogP contribution in [0.2, 0.25) is 0 Å². The first-order valence-electron chi connectivity index (χ1n) is 5.63. The maximum atomic E-state index is 13.2. The number of nitrogen functional groups attached to an aromatic ring is 1. The molecule has 3 nitrogen and oxygen atoms in total. The van der Waals surface area contributed by atoms with Gasteiger partial charge in [0.2, 0.25) is 0 Å². The highest BCUT2D eigenvalue weighted by Crippen LogP contribution is 2.21. The average molecular weight is 403 g/mol. The molecule has 0 bridgehead atoms. The van der Waals surface area contributed by atoms with Gasteiger partial charge in [-0.2, -0.15) is 0 Å². The lowest BCUT2D eigenvalue weighted by molar-refractivity contribution is 0.0471. The van der Waals surface area contributed by atoms with Crippen molar-refractivity contribution in [1.29, 1.82) is 0 Å². The molecule has 0 radical (unpaired) electrons. The quantitative estimate of drug-likeness (QED) is 0.615. The monoisotopic (exact) mass is 401 g/mol. The Kier molecular flexibility index (Phi) is 4.77. The van der Waals surface area contributed by atoms with E-state index in [0.29, 0.717) is 25.8 Å². The summed E-state index contributed by atoms with van der Waals surface area (Å²) < 4.78 is 19.5. The highest BCUT2D eigenvalue weighted by atomic mass is 79.9. The van der Waals surface area contributed by atoms with Crippen LogP contribution >= 0.6 is 31.9 Å². The summed E-state index contributed by atoms with van der Waals surface area (Å²) in [5.74, 6) is -0.917. The summed E-state index contributed by atoms with van der Waals surface area (Å²) in [5.41, 5.74) is 6.99. The van der Waals surface area contributed by atoms with Crippen molar-refractivity contribution in [3.63, 3.8) is 0 Å². The molecule has 2 aromatic carbocycles. The molecule has 0 saturated heterocycles. The average Bonchev–Trinajstić information content (AvgIpc) is 2.38. The fraction of sp³-hybridized carbons (Fsp3) is 0.0714. The van der Waals surface area contributed by atoms with Gasteiger partial charge in [0.25, 0.3) is 0 Å². The van der Waals surface area contributed by atoms with E-state index in [2.05, 4.69) is 31.9 Å². The Morgan fingerprint density at radius 1 is 1.20 bits per heavy atom. The Morgan fingerprint density at radius 3 is 2.65 bits per heavy atom. The molecule has 2 aromatic rings. The zero-order valence-corrected chi connectivity index (χ0v) is 13.4. The Morgan fingerprint density at radius 2 is 1.95 bits per heavy atom. The second-order valence-corrected chi connectivity index (χ2v) is 5.86. The van der Waals surface area contributed by atoms with E-state index < -0.39 is 11.8 Å². The Balaban J connectivity index is 2.10. The first kappa shape index (κ1) is 15.0. The molecule has 0 aliphatic rings. The van der Waals surface area contributed by atoms with Crippen LogP contribution in [0.4, 0.5) is 10.1 Å². The van der Waals surface area contributed by atoms with Gasteiger partial charge in [0, 0.05) is 14.6 Å². The maximum absolute atomic E-state index is 13.2. The van der Waals surface area contributed by atoms with Crippen LogP contribution in [-0.2, 0) is 11.3 Å². The number of esters is 1. The van der Waals surface area contributed by atoms with Crippen LogP contribution in [0.25, 0.3) is 0 Å². The summed E-state index contributed by atoms with van der Waals surface area (Å²) in [5, 5.41) is 0. The lowest BCUT2D eigenvalue weighted by atomic mass is 10.2. The summed E-state index contributed by atoms with van der Waals surface area (Å²) in [6, 6.07) is 9.19. The van der Waals surface area contributed by atoms with Crippen LogP contribution in [0.5, 0.6) is 0 Å². The minimum atomic E-state index is -0.524. The van der Waals surface area contributed by atoms with Gasteiger partial charge in [0.15, 0.2) is 0 Å². The van der Waals surface area contributed by atoms with Crippen LogP contribution in [0, 0.1) is 5.82 Å². The number of halogens is 3. The molecule has 104 valence electrons. The Bertz CT molecular complexity index is 641. The number of rotatable bonds is 3. The van der Waals surface area contributed by atoms with E-state index in [1.165, 1.54) is 18.2 Å². The van der Waals surface area contributed by atoms with Crippen molar-refractivity contribution in [1.82, 2.24) is 0 Å². The largest absolute Gasteiger partial charge is 0.457 e. The predicted molar refractivity (Wildman–Crippen MR) is 81.8 cm³/mol. The van der Waals surface area contributed by atoms with Crippen molar-refractivity contribution in [3.05, 3.63) is 62.3 Å². The standard InChI is InChI=1S/C14H10Br2FNO2/c15-9-3-8(4-10(17)5-9)7-20-14(19)12-6-11(18)1-2-13(12)16/h1-6H,7,18H2. The molecule has 0 heterocycles. The number of hydrogen-bond acceptors (Lipinski definition) is 3. The molecule has 0 aliphatic carbocycles. The molecule has 0 aromatic heterocycles. The second-order valence-electron chi connectivity index (χ2n) is 4.09. The molecule has 0 fully saturated rings. The van der Waals surface area contributed by atoms with Crippen molar-refractivity contribution >= 4 is 43.5 Å². The number of nitrogens with two attached hydrogens (primary N) is 1. The summed E-state index contributed by atoms with van der Waals surface area (Å²) >= 11 is 6.44. The number of carbonyl (C=O) groups is 1. The molecular weight excluding hydrogens is 393 g/mol. The molecule has 0 saturated carbocycles. The molecule has 20 heavy (non-hydrogen) atoms. The molecule has 2 N–H and O–H groups in total. The fourth-order valence-corrected chi connectivity index (χ4v) is 2.54. The van der Waals surface area contributed by atoms with Gasteiger partial charge >= 0.3 is 5.97 Å². The molecule has 0 spiro atoms. The molecule has 0 amide bonds. The highest BCUT2D eigenvalue weighted by molar-refractivity contribution is 9.10. The van der Waals surface area contributed by atoms with E-state index in [9.17, 15) is 9.18 Å². The lowest BCUT2D eigenvalue weighted by Gasteiger charge is -2.08. The normalized spacial score (nSPS) is 10.3. The number of benzene rings is 2. The second kappa shape index (κ2) is 6.37. The smallest absolute Gasteiger partial charge is 0.339 e. The third-order valence-electron chi connectivity index (χ3n) is 2.50. The van der Waals surface area contributed by atoms with E-state index in [1.54, 1.807) is 18.2 Å². The van der Waals surface area contributed by atoms with Gasteiger partial charge in [-0.1, -0.05) is 15.9 Å². The molecule has 6 heteroatoms. The van der Waals surface area contributed by atoms with E-state index in [1.807, 2.05) is 0 Å². The van der Waals surface area contributed by atoms with Crippen molar-refractivity contribution in [2.75, 3.05) is 5.73 Å². The molecule has 0 atom stereocenters. The van der Waals surface area contributed by atoms with E-state index >= 15 is 0 Å². The Hall–Kier alpha value is -1.40. The van der Waals surface area contributed by atoms with Gasteiger partial charge in [0.05, 0.1) is 5.56 Å². The van der Waals surface area contributed by atoms with Gasteiger partial charge in [-0.05, 0) is 57.9 Å². The van der Waals surface area contributed by atoms with Gasteiger partial charge in [0.1, 0.15) is 12.4 Å². The maximum Gasteiger partial charge on any atom is 0.339 e. The SMILES string of the molecule is Nc1ccc(Br)c(C(=O)OCc2cc(F)cc(Br)c2)c1. The topological polar surface area (TPSA) is 52.3 Å². The minimum Gasteiger partial charge on any atom is -0.457 e. The number of hydrogen-bond donors (Lipinski definition) is 1. The highest BCUT2D eigenvalue weighted by Gasteiger charge is 2.12. The van der Waals surface area contributed by atoms with Crippen LogP contribution in [0.3, 0.4) is 0 Å². The summed E-state index contributed by atoms with van der Waals surface area (Å²) in [6.45, 7) is -0.0174. The van der Waals surface area contributed by atoms with Crippen molar-refractivity contribution in [2.45, 2.75) is 6.61 Å². The third-order valence-corrected chi connectivity index (χ3v) is 3.65. The summed E-state index contributed by atoms with van der Waals surface area (Å²) in [6.07, 6.45) is 0. The van der Waals surface area contributed by atoms with Crippen LogP contribution in [0.15, 0.2) is 45.3 Å². The molecular formula is C14H10Br2FNO2. The van der Waals surface area contributed by atoms with Crippen molar-refractivity contribution in [2.24, 2.45) is 0 Å². The van der Waals surface area contributed by atoms with Gasteiger partial charge in [-0.15, -0.1) is 0 Å². The van der Waals surface area contributed by atoms with Crippen molar-refractivity contribution < 1.29 is 13.9 Å². The first-order valence-corrected chi connectivity index (χ1v) is 7.21. The zero-order valence-electron chi connectivity index (χ0n) is 10.2. The molecule has 0 unspecified atom stereocenters. The van der Waals surface area contributed by atoms with Crippen LogP contribution in [-0.4, -0.2) is 5.97 Å². The minimum absolute atomic E-state index is 0.0174. The number of carbonyl (C=O) groups excluding carboxylic acids is 1. The zero-order chi connectivity index (χ0) is 14.7. The fourth-order valence-electron chi connectivity index (χ4n) is 1.62. The van der Waals surface area contributed by atoms with Gasteiger partial charge < -0.3 is 10.5 Å². The number of anilines is 1. The van der Waals surface area contributed by atoms with E-state index in [4.69, 9.17) is 10.5 Å². The van der Waals surface area contributed by atoms with Gasteiger partial charge in [-0.25, -0.2) is 9.18 Å². The van der Waals surface area contributed by atoms with Crippen molar-refractivity contribution in [3.8, 4) is 0 Å². The third kappa shape index (κ3) is 3.80. The van der Waals surface area contributed by atoms with E-state index in [0.717, 1.165) is 0 Å². The summed E-state index contributed by atoms with van der Waals surface area (Å²) in [4.78, 5) is 11.9. The predicted octanol–water partition coefficient (Wildman–Crippen LogP) is 4.29. The first-order chi connectivity index (χ1) is 9.45. The van der Waals surface area contributed by atoms with E-state index in [-0.39, 0.29) is 6.61 Å². The van der Waals surface area contributed by atoms with Crippen LogP contribution < -0.4 is 5.73 Å². The van der Waals surface area contributed by atoms with Gasteiger partial charge in [-0.3, -0.25) is 0 Å². The van der Waals surface area contributed by atoms with Crippen LogP contribution in [0.1, 0.15) is 15.9 Å². The molecule has 0 aliphatic heterocycles. The summed E-state index contributed by atoms with van der Waals surface area (Å²) in [7, 11) is 0. The number of ether oxygens (including phenoxy) is 1. The Labute approximate surface area is 132 Å².